The van der Waals surface area contributed by atoms with Crippen LogP contribution in [0.2, 0.25) is 10.0 Å². The lowest BCUT2D eigenvalue weighted by Gasteiger charge is -2.39. The monoisotopic (exact) mass is 640 g/mol. The average Bonchev–Trinajstić information content (AvgIpc) is 3.72. The zero-order chi connectivity index (χ0) is 31.5. The third-order valence-electron chi connectivity index (χ3n) is 8.90. The molecule has 10 nitrogen and oxygen atoms in total. The molecule has 1 saturated heterocycles. The summed E-state index contributed by atoms with van der Waals surface area (Å²) in [5, 5.41) is 17.8. The molecule has 2 aliphatic heterocycles. The van der Waals surface area contributed by atoms with E-state index < -0.39 is 57.6 Å². The Morgan fingerprint density at radius 2 is 1.93 bits per heavy atom. The molecule has 0 aromatic heterocycles. The molecule has 1 aliphatic carbocycles. The SMILES string of the molecule is COC(=O)c1ccc(NC(=O)[C@@H]2[C@H](C)N(CC3CC3)[C@@]3(C(=O)Nc4cc(Cl)ccc43)[C@H]2c2cccc(Cl)c2F)c([N+](=O)[O-])c1. The lowest BCUT2D eigenvalue weighted by atomic mass is 9.71. The van der Waals surface area contributed by atoms with Crippen LogP contribution >= 0.6 is 23.2 Å². The van der Waals surface area contributed by atoms with E-state index in [-0.39, 0.29) is 27.8 Å². The van der Waals surface area contributed by atoms with E-state index >= 15 is 4.39 Å². The van der Waals surface area contributed by atoms with Gasteiger partial charge in [-0.1, -0.05) is 41.4 Å². The standard InChI is InChI=1S/C31H27Cl2FN4O6/c1-15-25(28(39)35-22-11-8-17(29(40)44-2)12-24(22)38(42)43)26(19-4-3-5-21(33)27(19)34)31(37(15)14-16-6-7-16)20-10-9-18(32)13-23(20)36-30(31)41/h3-5,8-13,15-16,25-26H,6-7,14H2,1-2H3,(H,35,39)(H,36,41)/t15-,25+,26-,31+/m0/s1. The Labute approximate surface area is 261 Å². The molecule has 2 N–H and O–H groups in total. The Hall–Kier alpha value is -4.06. The summed E-state index contributed by atoms with van der Waals surface area (Å²) in [6.45, 7) is 2.26. The number of rotatable bonds is 7. The summed E-state index contributed by atoms with van der Waals surface area (Å²) < 4.78 is 20.7. The van der Waals surface area contributed by atoms with E-state index in [1.54, 1.807) is 31.2 Å². The number of fused-ring (bicyclic) bond motifs is 2. The molecule has 3 aliphatic rings. The minimum absolute atomic E-state index is 0.0660. The molecule has 0 unspecified atom stereocenters. The number of nitrogens with one attached hydrogen (secondary N) is 2. The number of hydrogen-bond donors (Lipinski definition) is 2. The number of benzene rings is 3. The van der Waals surface area contributed by atoms with E-state index in [0.29, 0.717) is 22.8 Å². The van der Waals surface area contributed by atoms with E-state index in [9.17, 15) is 24.5 Å². The molecule has 3 aromatic carbocycles. The van der Waals surface area contributed by atoms with Gasteiger partial charge in [-0.15, -0.1) is 0 Å². The molecule has 4 atom stereocenters. The lowest BCUT2D eigenvalue weighted by molar-refractivity contribution is -0.384. The normalized spacial score (nSPS) is 24.2. The van der Waals surface area contributed by atoms with Gasteiger partial charge < -0.3 is 15.4 Å². The summed E-state index contributed by atoms with van der Waals surface area (Å²) in [6, 6.07) is 12.4. The first kappa shape index (κ1) is 30.0. The minimum Gasteiger partial charge on any atom is -0.465 e. The number of carbonyl (C=O) groups is 3. The molecule has 1 spiro atoms. The second-order valence-electron chi connectivity index (χ2n) is 11.4. The fourth-order valence-electron chi connectivity index (χ4n) is 6.81. The number of carbonyl (C=O) groups excluding carboxylic acids is 3. The highest BCUT2D eigenvalue weighted by atomic mass is 35.5. The fourth-order valence-corrected chi connectivity index (χ4v) is 7.16. The van der Waals surface area contributed by atoms with Crippen LogP contribution in [0.3, 0.4) is 0 Å². The number of likely N-dealkylation sites (tertiary alicyclic amines) is 1. The maximum absolute atomic E-state index is 16.0. The number of nitro groups is 1. The lowest BCUT2D eigenvalue weighted by Crippen LogP contribution is -2.52. The van der Waals surface area contributed by atoms with E-state index in [1.807, 2.05) is 4.90 Å². The highest BCUT2D eigenvalue weighted by Crippen LogP contribution is 2.61. The highest BCUT2D eigenvalue weighted by molar-refractivity contribution is 6.31. The van der Waals surface area contributed by atoms with E-state index in [0.717, 1.165) is 26.0 Å². The molecule has 2 heterocycles. The molecule has 2 amide bonds. The first-order valence-corrected chi connectivity index (χ1v) is 14.7. The Morgan fingerprint density at radius 1 is 1.18 bits per heavy atom. The van der Waals surface area contributed by atoms with Crippen LogP contribution in [0.5, 0.6) is 0 Å². The summed E-state index contributed by atoms with van der Waals surface area (Å²) in [4.78, 5) is 53.9. The minimum atomic E-state index is -1.52. The van der Waals surface area contributed by atoms with Gasteiger partial charge in [-0.05, 0) is 61.6 Å². The number of amides is 2. The Morgan fingerprint density at radius 3 is 2.61 bits per heavy atom. The van der Waals surface area contributed by atoms with Crippen molar-refractivity contribution in [2.75, 3.05) is 24.3 Å². The number of halogens is 3. The summed E-state index contributed by atoms with van der Waals surface area (Å²) in [5.41, 5.74) is -1.21. The number of esters is 1. The molecular weight excluding hydrogens is 614 g/mol. The third kappa shape index (κ3) is 4.70. The van der Waals surface area contributed by atoms with E-state index in [4.69, 9.17) is 23.2 Å². The Kier molecular flexibility index (Phi) is 7.59. The predicted octanol–water partition coefficient (Wildman–Crippen LogP) is 6.13. The van der Waals surface area contributed by atoms with Crippen LogP contribution in [0.15, 0.2) is 54.6 Å². The van der Waals surface area contributed by atoms with Gasteiger partial charge in [0.25, 0.3) is 5.69 Å². The number of methoxy groups -OCH3 is 1. The van der Waals surface area contributed by atoms with Crippen molar-refractivity contribution in [3.63, 3.8) is 0 Å². The third-order valence-corrected chi connectivity index (χ3v) is 9.43. The number of hydrogen-bond acceptors (Lipinski definition) is 7. The highest BCUT2D eigenvalue weighted by Gasteiger charge is 2.68. The number of anilines is 2. The van der Waals surface area contributed by atoms with Gasteiger partial charge in [0.2, 0.25) is 11.8 Å². The molecular formula is C31H27Cl2FN4O6. The van der Waals surface area contributed by atoms with Crippen molar-refractivity contribution in [1.82, 2.24) is 4.90 Å². The van der Waals surface area contributed by atoms with Crippen LogP contribution in [-0.4, -0.2) is 47.3 Å². The second kappa shape index (κ2) is 11.1. The van der Waals surface area contributed by atoms with Crippen molar-refractivity contribution in [1.29, 1.82) is 0 Å². The van der Waals surface area contributed by atoms with Gasteiger partial charge in [0.1, 0.15) is 17.0 Å². The predicted molar refractivity (Wildman–Crippen MR) is 161 cm³/mol. The smallest absolute Gasteiger partial charge is 0.338 e. The van der Waals surface area contributed by atoms with Crippen LogP contribution in [-0.2, 0) is 19.9 Å². The van der Waals surface area contributed by atoms with E-state index in [2.05, 4.69) is 15.4 Å². The zero-order valence-corrected chi connectivity index (χ0v) is 25.1. The Balaban J connectivity index is 1.53. The van der Waals surface area contributed by atoms with Crippen LogP contribution in [0.1, 0.15) is 47.2 Å². The maximum atomic E-state index is 16.0. The molecule has 228 valence electrons. The Bertz CT molecular complexity index is 1730. The van der Waals surface area contributed by atoms with Gasteiger partial charge in [0, 0.05) is 40.8 Å². The van der Waals surface area contributed by atoms with Gasteiger partial charge in [-0.3, -0.25) is 24.6 Å². The number of nitro benzene ring substituents is 1. The van der Waals surface area contributed by atoms with Gasteiger partial charge in [0.05, 0.1) is 28.5 Å². The van der Waals surface area contributed by atoms with Crippen LogP contribution < -0.4 is 10.6 Å². The van der Waals surface area contributed by atoms with Crippen molar-refractivity contribution in [2.45, 2.75) is 37.3 Å². The topological polar surface area (TPSA) is 131 Å². The fraction of sp³-hybridized carbons (Fsp3) is 0.323. The van der Waals surface area contributed by atoms with Crippen LogP contribution in [0, 0.1) is 27.8 Å². The average molecular weight is 641 g/mol. The molecule has 1 saturated carbocycles. The summed E-state index contributed by atoms with van der Waals surface area (Å²) >= 11 is 12.5. The van der Waals surface area contributed by atoms with E-state index in [1.165, 1.54) is 24.3 Å². The zero-order valence-electron chi connectivity index (χ0n) is 23.6. The second-order valence-corrected chi connectivity index (χ2v) is 12.2. The van der Waals surface area contributed by atoms with Gasteiger partial charge in [-0.2, -0.15) is 0 Å². The largest absolute Gasteiger partial charge is 0.465 e. The summed E-state index contributed by atoms with van der Waals surface area (Å²) in [6.07, 6.45) is 1.89. The van der Waals surface area contributed by atoms with Crippen molar-refractivity contribution < 1.29 is 28.4 Å². The number of ether oxygens (including phenoxy) is 1. The maximum Gasteiger partial charge on any atom is 0.338 e. The quantitative estimate of drug-likeness (QED) is 0.180. The summed E-state index contributed by atoms with van der Waals surface area (Å²) in [5.74, 6) is -4.54. The van der Waals surface area contributed by atoms with Crippen molar-refractivity contribution in [3.8, 4) is 0 Å². The van der Waals surface area contributed by atoms with Gasteiger partial charge >= 0.3 is 5.97 Å². The van der Waals surface area contributed by atoms with Crippen molar-refractivity contribution in [2.24, 2.45) is 11.8 Å². The molecule has 6 rings (SSSR count). The van der Waals surface area contributed by atoms with Crippen molar-refractivity contribution >= 4 is 58.0 Å². The molecule has 13 heteroatoms. The van der Waals surface area contributed by atoms with Gasteiger partial charge in [-0.25, -0.2) is 9.18 Å². The van der Waals surface area contributed by atoms with Crippen molar-refractivity contribution in [3.05, 3.63) is 97.3 Å². The first-order valence-electron chi connectivity index (χ1n) is 14.0. The molecule has 0 bridgehead atoms. The summed E-state index contributed by atoms with van der Waals surface area (Å²) in [7, 11) is 1.15. The molecule has 0 radical (unpaired) electrons. The van der Waals surface area contributed by atoms with Crippen LogP contribution in [0.25, 0.3) is 0 Å². The molecule has 3 aromatic rings. The number of nitrogens with zero attached hydrogens (tertiary/aromatic N) is 2. The van der Waals surface area contributed by atoms with Crippen LogP contribution in [0.4, 0.5) is 21.5 Å². The first-order chi connectivity index (χ1) is 21.0. The molecule has 44 heavy (non-hydrogen) atoms. The molecule has 2 fully saturated rings. The van der Waals surface area contributed by atoms with Gasteiger partial charge in [0.15, 0.2) is 0 Å².